The largest absolute Gasteiger partial charge is 0.506 e. The average molecular weight is 396 g/mol. The van der Waals surface area contributed by atoms with Gasteiger partial charge >= 0.3 is 0 Å². The number of phenolic OH excluding ortho intramolecular Hbond substituents is 1. The lowest BCUT2D eigenvalue weighted by Crippen LogP contribution is -2.04. The van der Waals surface area contributed by atoms with Crippen LogP contribution in [0.25, 0.3) is 11.6 Å². The minimum atomic E-state index is -0.181. The van der Waals surface area contributed by atoms with Gasteiger partial charge in [-0.2, -0.15) is 0 Å². The third-order valence-electron chi connectivity index (χ3n) is 2.92. The van der Waals surface area contributed by atoms with Gasteiger partial charge in [-0.15, -0.1) is 0 Å². The van der Waals surface area contributed by atoms with Crippen molar-refractivity contribution in [1.82, 2.24) is 4.98 Å². The molecule has 0 unspecified atom stereocenters. The molecule has 2 heterocycles. The zero-order valence-electron chi connectivity index (χ0n) is 10.0. The molecule has 6 heteroatoms. The molecular weight excluding hydrogens is 388 g/mol. The van der Waals surface area contributed by atoms with Crippen molar-refractivity contribution in [2.24, 2.45) is 0 Å². The molecule has 2 aromatic rings. The number of hydrogen-bond donors (Lipinski definition) is 2. The number of aromatic nitrogens is 1. The number of carbonyl (C=O) groups is 1. The van der Waals surface area contributed by atoms with Crippen LogP contribution in [-0.2, 0) is 4.79 Å². The number of phenols is 1. The van der Waals surface area contributed by atoms with E-state index in [0.717, 1.165) is 11.1 Å². The van der Waals surface area contributed by atoms with Crippen LogP contribution in [0.5, 0.6) is 5.75 Å². The number of benzene rings is 1. The molecule has 1 aromatic carbocycles. The van der Waals surface area contributed by atoms with Crippen LogP contribution in [0.4, 0.5) is 5.82 Å². The van der Waals surface area contributed by atoms with Gasteiger partial charge in [-0.05, 0) is 67.8 Å². The second-order valence-corrected chi connectivity index (χ2v) is 5.95. The summed E-state index contributed by atoms with van der Waals surface area (Å²) in [6, 6.07) is 7.12. The van der Waals surface area contributed by atoms with Crippen molar-refractivity contribution in [2.45, 2.75) is 0 Å². The van der Waals surface area contributed by atoms with Crippen molar-refractivity contribution in [3.63, 3.8) is 0 Å². The Morgan fingerprint density at radius 2 is 1.95 bits per heavy atom. The van der Waals surface area contributed by atoms with Crippen molar-refractivity contribution < 1.29 is 9.90 Å². The highest BCUT2D eigenvalue weighted by Gasteiger charge is 2.24. The third kappa shape index (κ3) is 2.25. The maximum Gasteiger partial charge on any atom is 0.257 e. The van der Waals surface area contributed by atoms with Crippen LogP contribution in [0.1, 0.15) is 11.1 Å². The molecule has 1 aliphatic rings. The third-order valence-corrected chi connectivity index (χ3v) is 4.13. The second-order valence-electron chi connectivity index (χ2n) is 4.24. The monoisotopic (exact) mass is 394 g/mol. The number of rotatable bonds is 1. The Bertz CT molecular complexity index is 734. The normalized spacial score (nSPS) is 15.3. The van der Waals surface area contributed by atoms with Crippen LogP contribution < -0.4 is 5.32 Å². The van der Waals surface area contributed by atoms with E-state index >= 15 is 0 Å². The smallest absolute Gasteiger partial charge is 0.257 e. The molecule has 0 saturated carbocycles. The van der Waals surface area contributed by atoms with E-state index in [0.29, 0.717) is 20.3 Å². The fraction of sp³-hybridized carbons (Fsp3) is 0. The average Bonchev–Trinajstić information content (AvgIpc) is 2.73. The van der Waals surface area contributed by atoms with E-state index in [1.165, 1.54) is 0 Å². The van der Waals surface area contributed by atoms with E-state index < -0.39 is 0 Å². The van der Waals surface area contributed by atoms with Crippen molar-refractivity contribution in [2.75, 3.05) is 5.32 Å². The predicted octanol–water partition coefficient (Wildman–Crippen LogP) is 3.80. The highest BCUT2D eigenvalue weighted by molar-refractivity contribution is 9.11. The summed E-state index contributed by atoms with van der Waals surface area (Å²) in [4.78, 5) is 16.1. The molecule has 0 radical (unpaired) electrons. The topological polar surface area (TPSA) is 62.2 Å². The highest BCUT2D eigenvalue weighted by atomic mass is 79.9. The SMILES string of the molecule is O=C1Nc2ncccc2/C1=C\c1cc(Br)c(O)c(Br)c1. The number of nitrogens with zero attached hydrogens (tertiary/aromatic N) is 1. The molecule has 1 aliphatic heterocycles. The number of hydrogen-bond acceptors (Lipinski definition) is 3. The first-order valence-corrected chi connectivity index (χ1v) is 7.31. The minimum Gasteiger partial charge on any atom is -0.506 e. The van der Waals surface area contributed by atoms with Crippen LogP contribution in [0.3, 0.4) is 0 Å². The zero-order valence-corrected chi connectivity index (χ0v) is 13.2. The molecule has 1 aromatic heterocycles. The summed E-state index contributed by atoms with van der Waals surface area (Å²) < 4.78 is 1.12. The van der Waals surface area contributed by atoms with Gasteiger partial charge in [0, 0.05) is 11.8 Å². The van der Waals surface area contributed by atoms with Gasteiger partial charge in [-0.3, -0.25) is 4.79 Å². The number of pyridine rings is 1. The van der Waals surface area contributed by atoms with E-state index in [1.54, 1.807) is 30.5 Å². The fourth-order valence-electron chi connectivity index (χ4n) is 2.00. The molecule has 2 N–H and O–H groups in total. The lowest BCUT2D eigenvalue weighted by atomic mass is 10.1. The first-order valence-electron chi connectivity index (χ1n) is 5.72. The summed E-state index contributed by atoms with van der Waals surface area (Å²) in [6.07, 6.45) is 3.40. The Hall–Kier alpha value is -1.66. The number of carbonyl (C=O) groups excluding carboxylic acids is 1. The summed E-state index contributed by atoms with van der Waals surface area (Å²) in [7, 11) is 0. The first kappa shape index (κ1) is 13.3. The van der Waals surface area contributed by atoms with Crippen LogP contribution in [0, 0.1) is 0 Å². The molecule has 4 nitrogen and oxygen atoms in total. The van der Waals surface area contributed by atoms with Gasteiger partial charge < -0.3 is 10.4 Å². The molecule has 0 saturated heterocycles. The molecule has 1 amide bonds. The Kier molecular flexibility index (Phi) is 3.35. The Balaban J connectivity index is 2.11. The Morgan fingerprint density at radius 1 is 1.25 bits per heavy atom. The molecule has 0 bridgehead atoms. The van der Waals surface area contributed by atoms with E-state index in [2.05, 4.69) is 42.2 Å². The van der Waals surface area contributed by atoms with Gasteiger partial charge in [0.1, 0.15) is 11.6 Å². The van der Waals surface area contributed by atoms with E-state index in [4.69, 9.17) is 0 Å². The molecule has 0 spiro atoms. The van der Waals surface area contributed by atoms with E-state index in [1.807, 2.05) is 6.07 Å². The molecule has 20 heavy (non-hydrogen) atoms. The molecule has 3 rings (SSSR count). The number of amides is 1. The second kappa shape index (κ2) is 5.03. The number of nitrogens with one attached hydrogen (secondary N) is 1. The molecule has 0 atom stereocenters. The zero-order chi connectivity index (χ0) is 14.3. The van der Waals surface area contributed by atoms with Gasteiger partial charge in [0.05, 0.1) is 14.5 Å². The van der Waals surface area contributed by atoms with Gasteiger partial charge in [0.2, 0.25) is 0 Å². The Morgan fingerprint density at radius 3 is 2.65 bits per heavy atom. The molecule has 0 fully saturated rings. The maximum absolute atomic E-state index is 12.0. The summed E-state index contributed by atoms with van der Waals surface area (Å²) in [5, 5.41) is 12.4. The van der Waals surface area contributed by atoms with Crippen molar-refractivity contribution in [3.05, 3.63) is 50.5 Å². The summed E-state index contributed by atoms with van der Waals surface area (Å²) in [5.74, 6) is 0.518. The maximum atomic E-state index is 12.0. The summed E-state index contributed by atoms with van der Waals surface area (Å²) in [6.45, 7) is 0. The van der Waals surface area contributed by atoms with Crippen LogP contribution in [0.15, 0.2) is 39.4 Å². The fourth-order valence-corrected chi connectivity index (χ4v) is 3.22. The van der Waals surface area contributed by atoms with Crippen molar-refractivity contribution >= 4 is 55.2 Å². The predicted molar refractivity (Wildman–Crippen MR) is 84.2 cm³/mol. The van der Waals surface area contributed by atoms with Gasteiger partial charge in [0.15, 0.2) is 0 Å². The lowest BCUT2D eigenvalue weighted by Gasteiger charge is -2.03. The van der Waals surface area contributed by atoms with Crippen LogP contribution in [0.2, 0.25) is 0 Å². The molecule has 0 aliphatic carbocycles. The van der Waals surface area contributed by atoms with E-state index in [9.17, 15) is 9.90 Å². The number of anilines is 1. The van der Waals surface area contributed by atoms with Gasteiger partial charge in [-0.1, -0.05) is 0 Å². The lowest BCUT2D eigenvalue weighted by molar-refractivity contribution is -0.110. The van der Waals surface area contributed by atoms with Gasteiger partial charge in [0.25, 0.3) is 5.91 Å². The standard InChI is InChI=1S/C14H8Br2N2O2/c15-10-5-7(6-11(16)12(10)19)4-9-8-2-1-3-17-13(8)18-14(9)20/h1-6,19H,(H,17,18,20)/b9-4+. The minimum absolute atomic E-state index is 0.130. The summed E-state index contributed by atoms with van der Waals surface area (Å²) >= 11 is 6.54. The Labute approximate surface area is 131 Å². The first-order chi connectivity index (χ1) is 9.56. The quantitative estimate of drug-likeness (QED) is 0.721. The van der Waals surface area contributed by atoms with Crippen LogP contribution in [-0.4, -0.2) is 16.0 Å². The summed E-state index contributed by atoms with van der Waals surface area (Å²) in [5.41, 5.74) is 2.12. The molecule has 100 valence electrons. The highest BCUT2D eigenvalue weighted by Crippen LogP contribution is 2.36. The van der Waals surface area contributed by atoms with Crippen molar-refractivity contribution in [3.8, 4) is 5.75 Å². The van der Waals surface area contributed by atoms with E-state index in [-0.39, 0.29) is 11.7 Å². The van der Waals surface area contributed by atoms with Crippen LogP contribution >= 0.6 is 31.9 Å². The van der Waals surface area contributed by atoms with Crippen molar-refractivity contribution in [1.29, 1.82) is 0 Å². The number of fused-ring (bicyclic) bond motifs is 1. The number of aromatic hydroxyl groups is 1. The van der Waals surface area contributed by atoms with Gasteiger partial charge in [-0.25, -0.2) is 4.98 Å². The molecular formula is C14H8Br2N2O2. The number of halogens is 2.